The molecule has 0 saturated heterocycles. The second-order valence-corrected chi connectivity index (χ2v) is 7.32. The number of benzene rings is 2. The first-order chi connectivity index (χ1) is 15.0. The van der Waals surface area contributed by atoms with Crippen LogP contribution in [-0.2, 0) is 4.79 Å². The highest BCUT2D eigenvalue weighted by atomic mass is 16.5. The standard InChI is InChI=1S/C24H27N3O4/c1-3-4-5-8-15-31-19-13-11-18(12-14-19)23(29)26-25-22(28)16-27-17(2)20-9-6-7-10-21(20)24(27)30/h6-7,9-14H,2-5,8,15-16H2,1H3,(H,25,28)(H,26,29). The number of hydrogen-bond acceptors (Lipinski definition) is 4. The monoisotopic (exact) mass is 421 g/mol. The van der Waals surface area contributed by atoms with Gasteiger partial charge in [0.1, 0.15) is 12.3 Å². The molecule has 1 aliphatic heterocycles. The van der Waals surface area contributed by atoms with Gasteiger partial charge in [-0.1, -0.05) is 51.0 Å². The van der Waals surface area contributed by atoms with Gasteiger partial charge in [0.05, 0.1) is 6.61 Å². The van der Waals surface area contributed by atoms with E-state index in [0.29, 0.717) is 34.7 Å². The number of unbranched alkanes of at least 4 members (excludes halogenated alkanes) is 3. The molecule has 0 radical (unpaired) electrons. The van der Waals surface area contributed by atoms with Gasteiger partial charge in [0.15, 0.2) is 0 Å². The average Bonchev–Trinajstić information content (AvgIpc) is 3.03. The van der Waals surface area contributed by atoms with Crippen LogP contribution in [0.5, 0.6) is 5.75 Å². The Balaban J connectivity index is 1.45. The van der Waals surface area contributed by atoms with Crippen LogP contribution in [0.3, 0.4) is 0 Å². The first-order valence-corrected chi connectivity index (χ1v) is 10.4. The zero-order chi connectivity index (χ0) is 22.2. The van der Waals surface area contributed by atoms with Crippen LogP contribution in [0.4, 0.5) is 0 Å². The van der Waals surface area contributed by atoms with Gasteiger partial charge in [-0.15, -0.1) is 0 Å². The van der Waals surface area contributed by atoms with Crippen molar-refractivity contribution in [1.82, 2.24) is 15.8 Å². The predicted molar refractivity (Wildman–Crippen MR) is 118 cm³/mol. The number of nitrogens with zero attached hydrogens (tertiary/aromatic N) is 1. The lowest BCUT2D eigenvalue weighted by Crippen LogP contribution is -2.46. The highest BCUT2D eigenvalue weighted by molar-refractivity contribution is 6.10. The summed E-state index contributed by atoms with van der Waals surface area (Å²) in [6, 6.07) is 13.8. The van der Waals surface area contributed by atoms with E-state index in [1.54, 1.807) is 42.5 Å². The van der Waals surface area contributed by atoms with E-state index in [0.717, 1.165) is 12.8 Å². The topological polar surface area (TPSA) is 87.7 Å². The lowest BCUT2D eigenvalue weighted by atomic mass is 10.1. The lowest BCUT2D eigenvalue weighted by Gasteiger charge is -2.17. The van der Waals surface area contributed by atoms with E-state index in [1.165, 1.54) is 17.7 Å². The van der Waals surface area contributed by atoms with Crippen molar-refractivity contribution in [3.63, 3.8) is 0 Å². The van der Waals surface area contributed by atoms with Gasteiger partial charge in [-0.3, -0.25) is 30.1 Å². The Labute approximate surface area is 182 Å². The third-order valence-corrected chi connectivity index (χ3v) is 5.04. The van der Waals surface area contributed by atoms with Gasteiger partial charge in [-0.25, -0.2) is 0 Å². The molecule has 0 spiro atoms. The molecule has 2 N–H and O–H groups in total. The number of carbonyl (C=O) groups is 3. The molecule has 0 fully saturated rings. The number of hydrazine groups is 1. The zero-order valence-corrected chi connectivity index (χ0v) is 17.6. The predicted octanol–water partition coefficient (Wildman–Crippen LogP) is 3.53. The molecule has 1 heterocycles. The fourth-order valence-electron chi connectivity index (χ4n) is 3.31. The van der Waals surface area contributed by atoms with E-state index >= 15 is 0 Å². The molecule has 1 aliphatic rings. The third-order valence-electron chi connectivity index (χ3n) is 5.04. The SMILES string of the molecule is C=C1c2ccccc2C(=O)N1CC(=O)NNC(=O)c1ccc(OCCCCCC)cc1. The minimum atomic E-state index is -0.525. The Kier molecular flexibility index (Phi) is 7.43. The maximum absolute atomic E-state index is 12.4. The van der Waals surface area contributed by atoms with Crippen LogP contribution in [0.25, 0.3) is 5.70 Å². The van der Waals surface area contributed by atoms with Gasteiger partial charge in [0.25, 0.3) is 17.7 Å². The van der Waals surface area contributed by atoms with Crippen LogP contribution in [0.15, 0.2) is 55.1 Å². The van der Waals surface area contributed by atoms with E-state index in [2.05, 4.69) is 24.4 Å². The molecule has 7 heteroatoms. The lowest BCUT2D eigenvalue weighted by molar-refractivity contribution is -0.122. The Hall–Kier alpha value is -3.61. The summed E-state index contributed by atoms with van der Waals surface area (Å²) in [4.78, 5) is 38.3. The van der Waals surface area contributed by atoms with Crippen LogP contribution in [-0.4, -0.2) is 35.8 Å². The molecular formula is C24H27N3O4. The van der Waals surface area contributed by atoms with Crippen molar-refractivity contribution in [2.24, 2.45) is 0 Å². The van der Waals surface area contributed by atoms with Gasteiger partial charge in [0, 0.05) is 22.4 Å². The van der Waals surface area contributed by atoms with Crippen LogP contribution in [0, 0.1) is 0 Å². The van der Waals surface area contributed by atoms with E-state index in [1.807, 2.05) is 6.07 Å². The van der Waals surface area contributed by atoms with E-state index in [-0.39, 0.29) is 12.5 Å². The Morgan fingerprint density at radius 3 is 2.35 bits per heavy atom. The number of fused-ring (bicyclic) bond motifs is 1. The summed E-state index contributed by atoms with van der Waals surface area (Å²) in [5, 5.41) is 0. The minimum Gasteiger partial charge on any atom is -0.494 e. The summed E-state index contributed by atoms with van der Waals surface area (Å²) in [5.41, 5.74) is 6.77. The number of carbonyl (C=O) groups excluding carboxylic acids is 3. The number of nitrogens with one attached hydrogen (secondary N) is 2. The maximum Gasteiger partial charge on any atom is 0.269 e. The van der Waals surface area contributed by atoms with Gasteiger partial charge in [-0.05, 0) is 36.8 Å². The Morgan fingerprint density at radius 2 is 1.68 bits per heavy atom. The molecular weight excluding hydrogens is 394 g/mol. The summed E-state index contributed by atoms with van der Waals surface area (Å²) in [5.74, 6) is -0.574. The summed E-state index contributed by atoms with van der Waals surface area (Å²) < 4.78 is 5.66. The largest absolute Gasteiger partial charge is 0.494 e. The molecule has 3 rings (SSSR count). The first kappa shape index (κ1) is 22.1. The fourth-order valence-corrected chi connectivity index (χ4v) is 3.31. The van der Waals surface area contributed by atoms with Gasteiger partial charge in [0.2, 0.25) is 0 Å². The van der Waals surface area contributed by atoms with Crippen molar-refractivity contribution < 1.29 is 19.1 Å². The van der Waals surface area contributed by atoms with E-state index in [4.69, 9.17) is 4.74 Å². The maximum atomic E-state index is 12.4. The van der Waals surface area contributed by atoms with Crippen LogP contribution in [0.1, 0.15) is 58.9 Å². The molecule has 0 saturated carbocycles. The van der Waals surface area contributed by atoms with Crippen LogP contribution < -0.4 is 15.6 Å². The Bertz CT molecular complexity index is 934. The second-order valence-electron chi connectivity index (χ2n) is 7.32. The molecule has 31 heavy (non-hydrogen) atoms. The zero-order valence-electron chi connectivity index (χ0n) is 17.6. The highest BCUT2D eigenvalue weighted by Crippen LogP contribution is 2.30. The van der Waals surface area contributed by atoms with Crippen molar-refractivity contribution in [2.75, 3.05) is 13.2 Å². The number of rotatable bonds is 9. The van der Waals surface area contributed by atoms with Gasteiger partial charge in [-0.2, -0.15) is 0 Å². The highest BCUT2D eigenvalue weighted by Gasteiger charge is 2.31. The second kappa shape index (κ2) is 10.4. The molecule has 0 bridgehead atoms. The molecule has 7 nitrogen and oxygen atoms in total. The number of amides is 3. The van der Waals surface area contributed by atoms with Crippen molar-refractivity contribution >= 4 is 23.4 Å². The fraction of sp³-hybridized carbons (Fsp3) is 0.292. The van der Waals surface area contributed by atoms with Gasteiger partial charge >= 0.3 is 0 Å². The summed E-state index contributed by atoms with van der Waals surface area (Å²) in [7, 11) is 0. The molecule has 0 aromatic heterocycles. The molecule has 0 atom stereocenters. The van der Waals surface area contributed by atoms with E-state index < -0.39 is 11.8 Å². The summed E-state index contributed by atoms with van der Waals surface area (Å²) in [6.45, 7) is 6.46. The summed E-state index contributed by atoms with van der Waals surface area (Å²) >= 11 is 0. The van der Waals surface area contributed by atoms with Crippen LogP contribution >= 0.6 is 0 Å². The smallest absolute Gasteiger partial charge is 0.269 e. The molecule has 0 aliphatic carbocycles. The molecule has 2 aromatic carbocycles. The Morgan fingerprint density at radius 1 is 0.968 bits per heavy atom. The average molecular weight is 421 g/mol. The first-order valence-electron chi connectivity index (χ1n) is 10.4. The van der Waals surface area contributed by atoms with Crippen LogP contribution in [0.2, 0.25) is 0 Å². The quantitative estimate of drug-likeness (QED) is 0.479. The minimum absolute atomic E-state index is 0.239. The number of hydrogen-bond donors (Lipinski definition) is 2. The van der Waals surface area contributed by atoms with Crippen molar-refractivity contribution in [3.05, 3.63) is 71.8 Å². The van der Waals surface area contributed by atoms with Crippen molar-refractivity contribution in [1.29, 1.82) is 0 Å². The van der Waals surface area contributed by atoms with Crippen molar-refractivity contribution in [3.8, 4) is 5.75 Å². The van der Waals surface area contributed by atoms with Crippen molar-refractivity contribution in [2.45, 2.75) is 32.6 Å². The van der Waals surface area contributed by atoms with E-state index in [9.17, 15) is 14.4 Å². The normalized spacial score (nSPS) is 12.5. The third kappa shape index (κ3) is 5.51. The molecule has 162 valence electrons. The number of ether oxygens (including phenoxy) is 1. The molecule has 2 aromatic rings. The summed E-state index contributed by atoms with van der Waals surface area (Å²) in [6.07, 6.45) is 4.51. The molecule has 3 amide bonds. The van der Waals surface area contributed by atoms with Gasteiger partial charge < -0.3 is 4.74 Å². The molecule has 0 unspecified atom stereocenters.